The Balaban J connectivity index is 1.41. The number of fused-ring (bicyclic) bond motifs is 1. The Hall–Kier alpha value is -3.59. The lowest BCUT2D eigenvalue weighted by Gasteiger charge is -2.13. The van der Waals surface area contributed by atoms with Crippen LogP contribution in [-0.2, 0) is 4.79 Å². The monoisotopic (exact) mass is 466 g/mol. The van der Waals surface area contributed by atoms with Crippen molar-refractivity contribution in [2.45, 2.75) is 6.42 Å². The number of amides is 3. The minimum Gasteiger partial charge on any atom is -0.326 e. The molecule has 2 heterocycles. The van der Waals surface area contributed by atoms with Gasteiger partial charge in [-0.15, -0.1) is 0 Å². The molecule has 3 amide bonds. The van der Waals surface area contributed by atoms with E-state index in [1.54, 1.807) is 48.5 Å². The highest BCUT2D eigenvalue weighted by molar-refractivity contribution is 9.10. The van der Waals surface area contributed by atoms with Crippen molar-refractivity contribution >= 4 is 39.3 Å². The summed E-state index contributed by atoms with van der Waals surface area (Å²) in [7, 11) is 0. The first-order valence-electron chi connectivity index (χ1n) is 9.04. The molecule has 4 rings (SSSR count). The van der Waals surface area contributed by atoms with E-state index in [1.807, 2.05) is 0 Å². The molecule has 30 heavy (non-hydrogen) atoms. The lowest BCUT2D eigenvalue weighted by atomic mass is 10.1. The van der Waals surface area contributed by atoms with Crippen molar-refractivity contribution in [2.24, 2.45) is 0 Å². The van der Waals surface area contributed by atoms with Crippen LogP contribution in [0.1, 0.15) is 27.1 Å². The summed E-state index contributed by atoms with van der Waals surface area (Å²) in [6.07, 6.45) is -0.0340. The molecular weight excluding hydrogens is 452 g/mol. The first kappa shape index (κ1) is 19.7. The third-order valence-electron chi connectivity index (χ3n) is 4.62. The molecule has 9 heteroatoms. The maximum Gasteiger partial charge on any atom is 0.264 e. The van der Waals surface area contributed by atoms with Gasteiger partial charge in [0.05, 0.1) is 16.8 Å². The lowest BCUT2D eigenvalue weighted by molar-refractivity contribution is -0.116. The molecule has 0 unspecified atom stereocenters. The highest BCUT2D eigenvalue weighted by Crippen LogP contribution is 2.26. The Bertz CT molecular complexity index is 1220. The smallest absolute Gasteiger partial charge is 0.264 e. The fourth-order valence-electron chi connectivity index (χ4n) is 3.16. The SMILES string of the molecule is O=C(CCN1C(=O)c2ccc(Br)cc2C1=O)Nc1cccc(-c2ccc(=O)[nH]n2)c1. The van der Waals surface area contributed by atoms with Gasteiger partial charge < -0.3 is 5.32 Å². The second kappa shape index (κ2) is 8.03. The normalized spacial score (nSPS) is 12.8. The number of benzene rings is 2. The van der Waals surface area contributed by atoms with E-state index in [4.69, 9.17) is 0 Å². The lowest BCUT2D eigenvalue weighted by Crippen LogP contribution is -2.32. The molecule has 0 spiro atoms. The van der Waals surface area contributed by atoms with Crippen molar-refractivity contribution < 1.29 is 14.4 Å². The summed E-state index contributed by atoms with van der Waals surface area (Å²) in [5.41, 5.74) is 2.18. The van der Waals surface area contributed by atoms with Gasteiger partial charge in [0.2, 0.25) is 5.91 Å². The minimum atomic E-state index is -0.407. The van der Waals surface area contributed by atoms with E-state index in [-0.39, 0.29) is 24.4 Å². The zero-order valence-corrected chi connectivity index (χ0v) is 17.1. The summed E-state index contributed by atoms with van der Waals surface area (Å²) >= 11 is 3.29. The number of aromatic nitrogens is 2. The first-order valence-corrected chi connectivity index (χ1v) is 9.83. The van der Waals surface area contributed by atoms with Crippen molar-refractivity contribution in [1.82, 2.24) is 15.1 Å². The number of halogens is 1. The molecule has 0 saturated heterocycles. The molecule has 0 aliphatic carbocycles. The van der Waals surface area contributed by atoms with E-state index in [0.717, 1.165) is 10.5 Å². The van der Waals surface area contributed by atoms with Crippen LogP contribution in [0.25, 0.3) is 11.3 Å². The molecule has 1 aliphatic heterocycles. The van der Waals surface area contributed by atoms with E-state index < -0.39 is 11.8 Å². The molecule has 1 aromatic heterocycles. The predicted octanol–water partition coefficient (Wildman–Crippen LogP) is 2.82. The molecule has 0 bridgehead atoms. The van der Waals surface area contributed by atoms with E-state index in [9.17, 15) is 19.2 Å². The van der Waals surface area contributed by atoms with E-state index >= 15 is 0 Å². The van der Waals surface area contributed by atoms with Crippen molar-refractivity contribution in [2.75, 3.05) is 11.9 Å². The summed E-state index contributed by atoms with van der Waals surface area (Å²) in [6.45, 7) is -0.0169. The largest absolute Gasteiger partial charge is 0.326 e. The van der Waals surface area contributed by atoms with Crippen LogP contribution in [0.5, 0.6) is 0 Å². The fraction of sp³-hybridized carbons (Fsp3) is 0.0952. The zero-order valence-electron chi connectivity index (χ0n) is 15.5. The maximum atomic E-state index is 12.5. The molecular formula is C21H15BrN4O4. The van der Waals surface area contributed by atoms with Gasteiger partial charge >= 0.3 is 0 Å². The predicted molar refractivity (Wildman–Crippen MR) is 113 cm³/mol. The van der Waals surface area contributed by atoms with Crippen molar-refractivity contribution in [3.05, 3.63) is 80.6 Å². The summed E-state index contributed by atoms with van der Waals surface area (Å²) in [4.78, 5) is 49.5. The van der Waals surface area contributed by atoms with Gasteiger partial charge in [-0.1, -0.05) is 28.1 Å². The summed E-state index contributed by atoms with van der Waals surface area (Å²) in [5, 5.41) is 9.08. The number of nitrogens with zero attached hydrogens (tertiary/aromatic N) is 2. The Morgan fingerprint density at radius 2 is 1.80 bits per heavy atom. The molecule has 0 radical (unpaired) electrons. The Labute approximate surface area is 179 Å². The molecule has 2 N–H and O–H groups in total. The van der Waals surface area contributed by atoms with Gasteiger partial charge in [-0.05, 0) is 36.4 Å². The second-order valence-corrected chi connectivity index (χ2v) is 7.55. The molecule has 2 aromatic carbocycles. The number of H-pyrrole nitrogens is 1. The highest BCUT2D eigenvalue weighted by atomic mass is 79.9. The standard InChI is InChI=1S/C21H15BrN4O4/c22-13-4-5-15-16(11-13)21(30)26(20(15)29)9-8-18(27)23-14-3-1-2-12(10-14)17-6-7-19(28)25-24-17/h1-7,10-11H,8-9H2,(H,23,27)(H,25,28). The van der Waals surface area contributed by atoms with Gasteiger partial charge in [0.25, 0.3) is 17.4 Å². The van der Waals surface area contributed by atoms with Crippen molar-refractivity contribution in [1.29, 1.82) is 0 Å². The Morgan fingerprint density at radius 1 is 1.00 bits per heavy atom. The molecule has 150 valence electrons. The van der Waals surface area contributed by atoms with Gasteiger partial charge in [0.1, 0.15) is 0 Å². The molecule has 0 saturated carbocycles. The summed E-state index contributed by atoms with van der Waals surface area (Å²) in [5.74, 6) is -1.14. The third kappa shape index (κ3) is 3.92. The number of nitrogens with one attached hydrogen (secondary N) is 2. The van der Waals surface area contributed by atoms with Gasteiger partial charge in [-0.25, -0.2) is 5.10 Å². The van der Waals surface area contributed by atoms with Gasteiger partial charge in [-0.3, -0.25) is 24.1 Å². The number of carbonyl (C=O) groups excluding carboxylic acids is 3. The fourth-order valence-corrected chi connectivity index (χ4v) is 3.53. The summed E-state index contributed by atoms with van der Waals surface area (Å²) in [6, 6.07) is 14.8. The second-order valence-electron chi connectivity index (χ2n) is 6.64. The van der Waals surface area contributed by atoms with Crippen molar-refractivity contribution in [3.63, 3.8) is 0 Å². The van der Waals surface area contributed by atoms with Gasteiger partial charge in [0.15, 0.2) is 0 Å². The number of imide groups is 1. The van der Waals surface area contributed by atoms with Gasteiger partial charge in [0, 0.05) is 34.8 Å². The first-order chi connectivity index (χ1) is 14.4. The van der Waals surface area contributed by atoms with Crippen LogP contribution in [0, 0.1) is 0 Å². The number of rotatable bonds is 5. The van der Waals surface area contributed by atoms with Crippen LogP contribution in [0.2, 0.25) is 0 Å². The van der Waals surface area contributed by atoms with Crippen LogP contribution < -0.4 is 10.9 Å². The average molecular weight is 467 g/mol. The molecule has 8 nitrogen and oxygen atoms in total. The zero-order chi connectivity index (χ0) is 21.3. The number of hydrogen-bond acceptors (Lipinski definition) is 5. The minimum absolute atomic E-state index is 0.0169. The van der Waals surface area contributed by atoms with Gasteiger partial charge in [-0.2, -0.15) is 5.10 Å². The quantitative estimate of drug-likeness (QED) is 0.561. The number of anilines is 1. The number of aromatic amines is 1. The molecule has 0 atom stereocenters. The molecule has 3 aromatic rings. The molecule has 0 fully saturated rings. The Morgan fingerprint density at radius 3 is 2.57 bits per heavy atom. The van der Waals surface area contributed by atoms with E-state index in [1.165, 1.54) is 6.07 Å². The Kier molecular flexibility index (Phi) is 5.28. The number of carbonyl (C=O) groups is 3. The van der Waals surface area contributed by atoms with Crippen LogP contribution in [-0.4, -0.2) is 39.4 Å². The van der Waals surface area contributed by atoms with Crippen LogP contribution in [0.15, 0.2) is 63.9 Å². The highest BCUT2D eigenvalue weighted by Gasteiger charge is 2.35. The summed E-state index contributed by atoms with van der Waals surface area (Å²) < 4.78 is 0.707. The van der Waals surface area contributed by atoms with E-state index in [2.05, 4.69) is 31.4 Å². The average Bonchev–Trinajstić information content (AvgIpc) is 2.96. The van der Waals surface area contributed by atoms with Crippen LogP contribution in [0.4, 0.5) is 5.69 Å². The third-order valence-corrected chi connectivity index (χ3v) is 5.11. The topological polar surface area (TPSA) is 112 Å². The van der Waals surface area contributed by atoms with Crippen LogP contribution in [0.3, 0.4) is 0 Å². The number of hydrogen-bond donors (Lipinski definition) is 2. The maximum absolute atomic E-state index is 12.5. The van der Waals surface area contributed by atoms with Crippen molar-refractivity contribution in [3.8, 4) is 11.3 Å². The van der Waals surface area contributed by atoms with E-state index in [0.29, 0.717) is 27.0 Å². The van der Waals surface area contributed by atoms with Crippen LogP contribution >= 0.6 is 15.9 Å². The molecule has 1 aliphatic rings.